The Morgan fingerprint density at radius 1 is 1.37 bits per heavy atom. The zero-order valence-corrected chi connectivity index (χ0v) is 11.7. The molecule has 0 atom stereocenters. The molecule has 100 valence electrons. The van der Waals surface area contributed by atoms with E-state index >= 15 is 0 Å². The van der Waals surface area contributed by atoms with Gasteiger partial charge in [-0.2, -0.15) is 0 Å². The Morgan fingerprint density at radius 2 is 2.11 bits per heavy atom. The van der Waals surface area contributed by atoms with Crippen molar-refractivity contribution in [3.63, 3.8) is 0 Å². The molecule has 2 rings (SSSR count). The van der Waals surface area contributed by atoms with Gasteiger partial charge >= 0.3 is 0 Å². The van der Waals surface area contributed by atoms with Crippen LogP contribution in [-0.4, -0.2) is 25.2 Å². The van der Waals surface area contributed by atoms with E-state index in [1.165, 1.54) is 0 Å². The summed E-state index contributed by atoms with van der Waals surface area (Å²) in [7, 11) is 3.77. The molecule has 0 saturated heterocycles. The number of anilines is 2. The molecule has 0 aliphatic heterocycles. The Balaban J connectivity index is 2.27. The highest BCUT2D eigenvalue weighted by Crippen LogP contribution is 2.28. The van der Waals surface area contributed by atoms with Crippen LogP contribution in [0.2, 0.25) is 5.02 Å². The van der Waals surface area contributed by atoms with Gasteiger partial charge in [0.25, 0.3) is 5.91 Å². The molecule has 1 aromatic heterocycles. The Bertz CT molecular complexity index is 608. The molecule has 2 aromatic rings. The van der Waals surface area contributed by atoms with Crippen LogP contribution in [0.5, 0.6) is 0 Å². The third-order valence-electron chi connectivity index (χ3n) is 2.54. The minimum atomic E-state index is -0.356. The molecule has 0 saturated carbocycles. The fourth-order valence-electron chi connectivity index (χ4n) is 1.65. The maximum absolute atomic E-state index is 12.0. The van der Waals surface area contributed by atoms with Crippen molar-refractivity contribution in [1.82, 2.24) is 5.16 Å². The summed E-state index contributed by atoms with van der Waals surface area (Å²) in [4.78, 5) is 13.9. The predicted octanol–water partition coefficient (Wildman–Crippen LogP) is 2.95. The van der Waals surface area contributed by atoms with Gasteiger partial charge < -0.3 is 14.7 Å². The summed E-state index contributed by atoms with van der Waals surface area (Å²) in [6.45, 7) is 1.75. The van der Waals surface area contributed by atoms with Crippen molar-refractivity contribution in [1.29, 1.82) is 0 Å². The van der Waals surface area contributed by atoms with Crippen molar-refractivity contribution in [3.05, 3.63) is 40.7 Å². The van der Waals surface area contributed by atoms with Crippen LogP contribution in [0.15, 0.2) is 28.8 Å². The lowest BCUT2D eigenvalue weighted by atomic mass is 10.2. The molecule has 0 aliphatic carbocycles. The second-order valence-electron chi connectivity index (χ2n) is 4.34. The van der Waals surface area contributed by atoms with Crippen LogP contribution in [0.4, 0.5) is 11.4 Å². The number of benzene rings is 1. The van der Waals surface area contributed by atoms with Crippen LogP contribution in [0.3, 0.4) is 0 Å². The lowest BCUT2D eigenvalue weighted by Gasteiger charge is -2.17. The zero-order chi connectivity index (χ0) is 14.0. The van der Waals surface area contributed by atoms with E-state index in [0.717, 1.165) is 5.69 Å². The number of carbonyl (C=O) groups excluding carboxylic acids is 1. The van der Waals surface area contributed by atoms with Gasteiger partial charge in [-0.05, 0) is 25.1 Å². The molecule has 6 heteroatoms. The molecule has 1 aromatic carbocycles. The van der Waals surface area contributed by atoms with E-state index in [2.05, 4.69) is 10.5 Å². The molecule has 0 bridgehead atoms. The smallest absolute Gasteiger partial charge is 0.294 e. The van der Waals surface area contributed by atoms with Crippen LogP contribution in [-0.2, 0) is 0 Å². The number of nitrogens with one attached hydrogen (secondary N) is 1. The normalized spacial score (nSPS) is 10.3. The highest BCUT2D eigenvalue weighted by molar-refractivity contribution is 6.31. The molecule has 0 fully saturated rings. The third-order valence-corrected chi connectivity index (χ3v) is 2.78. The van der Waals surface area contributed by atoms with Gasteiger partial charge in [0, 0.05) is 25.2 Å². The lowest BCUT2D eigenvalue weighted by Crippen LogP contribution is -2.16. The maximum atomic E-state index is 12.0. The summed E-state index contributed by atoms with van der Waals surface area (Å²) in [6.07, 6.45) is 0. The van der Waals surface area contributed by atoms with Gasteiger partial charge in [0.05, 0.1) is 17.1 Å². The number of hydrogen-bond acceptors (Lipinski definition) is 4. The molecule has 19 heavy (non-hydrogen) atoms. The van der Waals surface area contributed by atoms with Gasteiger partial charge in [0.2, 0.25) is 5.76 Å². The van der Waals surface area contributed by atoms with Crippen LogP contribution >= 0.6 is 11.6 Å². The van der Waals surface area contributed by atoms with Crippen molar-refractivity contribution in [2.24, 2.45) is 0 Å². The SMILES string of the molecule is Cc1cc(C(=O)Nc2cc(Cl)ccc2N(C)C)on1. The average Bonchev–Trinajstić information content (AvgIpc) is 2.75. The van der Waals surface area contributed by atoms with Crippen molar-refractivity contribution in [2.75, 3.05) is 24.3 Å². The average molecular weight is 280 g/mol. The second-order valence-corrected chi connectivity index (χ2v) is 4.78. The first-order valence-electron chi connectivity index (χ1n) is 5.69. The highest BCUT2D eigenvalue weighted by Gasteiger charge is 2.14. The fraction of sp³-hybridized carbons (Fsp3) is 0.231. The summed E-state index contributed by atoms with van der Waals surface area (Å²) in [5, 5.41) is 7.00. The van der Waals surface area contributed by atoms with Gasteiger partial charge in [-0.25, -0.2) is 0 Å². The second kappa shape index (κ2) is 5.32. The summed E-state index contributed by atoms with van der Waals surface area (Å²) in [5.41, 5.74) is 2.13. The molecule has 0 spiro atoms. The van der Waals surface area contributed by atoms with E-state index < -0.39 is 0 Å². The number of halogens is 1. The molecule has 1 amide bonds. The fourth-order valence-corrected chi connectivity index (χ4v) is 1.82. The van der Waals surface area contributed by atoms with Gasteiger partial charge in [-0.15, -0.1) is 0 Å². The summed E-state index contributed by atoms with van der Waals surface area (Å²) >= 11 is 5.95. The Labute approximate surface area is 116 Å². The van der Waals surface area contributed by atoms with Gasteiger partial charge in [0.1, 0.15) is 0 Å². The maximum Gasteiger partial charge on any atom is 0.294 e. The van der Waals surface area contributed by atoms with Crippen molar-refractivity contribution in [2.45, 2.75) is 6.92 Å². The molecule has 5 nitrogen and oxygen atoms in total. The Hall–Kier alpha value is -2.01. The van der Waals surface area contributed by atoms with E-state index in [4.69, 9.17) is 16.1 Å². The molecule has 0 radical (unpaired) electrons. The van der Waals surface area contributed by atoms with E-state index in [1.807, 2.05) is 25.1 Å². The van der Waals surface area contributed by atoms with Gasteiger partial charge in [0.15, 0.2) is 0 Å². The first-order valence-corrected chi connectivity index (χ1v) is 6.06. The van der Waals surface area contributed by atoms with E-state index in [9.17, 15) is 4.79 Å². The van der Waals surface area contributed by atoms with Crippen molar-refractivity contribution in [3.8, 4) is 0 Å². The summed E-state index contributed by atoms with van der Waals surface area (Å²) in [6, 6.07) is 6.88. The molecule has 0 unspecified atom stereocenters. The number of rotatable bonds is 3. The Morgan fingerprint density at radius 3 is 2.68 bits per heavy atom. The summed E-state index contributed by atoms with van der Waals surface area (Å²) < 4.78 is 4.92. The zero-order valence-electron chi connectivity index (χ0n) is 10.9. The van der Waals surface area contributed by atoms with Crippen molar-refractivity contribution >= 4 is 28.9 Å². The topological polar surface area (TPSA) is 58.4 Å². The van der Waals surface area contributed by atoms with Crippen LogP contribution in [0.1, 0.15) is 16.2 Å². The molecule has 1 N–H and O–H groups in total. The summed E-state index contributed by atoms with van der Waals surface area (Å²) in [5.74, 6) is -0.187. The number of hydrogen-bond donors (Lipinski definition) is 1. The number of aromatic nitrogens is 1. The predicted molar refractivity (Wildman–Crippen MR) is 75.0 cm³/mol. The van der Waals surface area contributed by atoms with Gasteiger partial charge in [-0.3, -0.25) is 4.79 Å². The van der Waals surface area contributed by atoms with E-state index in [0.29, 0.717) is 16.4 Å². The van der Waals surface area contributed by atoms with Crippen LogP contribution in [0, 0.1) is 6.92 Å². The minimum Gasteiger partial charge on any atom is -0.376 e. The van der Waals surface area contributed by atoms with Gasteiger partial charge in [-0.1, -0.05) is 16.8 Å². The van der Waals surface area contributed by atoms with E-state index in [1.54, 1.807) is 25.1 Å². The monoisotopic (exact) mass is 279 g/mol. The molecule has 0 aliphatic rings. The van der Waals surface area contributed by atoms with Crippen molar-refractivity contribution < 1.29 is 9.32 Å². The Kier molecular flexibility index (Phi) is 3.76. The number of aryl methyl sites for hydroxylation is 1. The molecule has 1 heterocycles. The quantitative estimate of drug-likeness (QED) is 0.938. The van der Waals surface area contributed by atoms with E-state index in [-0.39, 0.29) is 11.7 Å². The number of nitrogens with zero attached hydrogens (tertiary/aromatic N) is 2. The van der Waals surface area contributed by atoms with Crippen LogP contribution < -0.4 is 10.2 Å². The van der Waals surface area contributed by atoms with Crippen LogP contribution in [0.25, 0.3) is 0 Å². The molecular weight excluding hydrogens is 266 g/mol. The minimum absolute atomic E-state index is 0.169. The number of carbonyl (C=O) groups is 1. The first kappa shape index (κ1) is 13.4. The molecular formula is C13H14ClN3O2. The highest BCUT2D eigenvalue weighted by atomic mass is 35.5. The standard InChI is InChI=1S/C13H14ClN3O2/c1-8-6-12(19-16-8)13(18)15-10-7-9(14)4-5-11(10)17(2)3/h4-7H,1-3H3,(H,15,18). The number of amides is 1. The lowest BCUT2D eigenvalue weighted by molar-refractivity contribution is 0.0988. The first-order chi connectivity index (χ1) is 8.97. The largest absolute Gasteiger partial charge is 0.376 e. The third kappa shape index (κ3) is 3.06.